The number of halogens is 1. The van der Waals surface area contributed by atoms with Gasteiger partial charge in [-0.2, -0.15) is 0 Å². The summed E-state index contributed by atoms with van der Waals surface area (Å²) < 4.78 is 10.7. The molecule has 0 saturated carbocycles. The number of carbonyl (C=O) groups excluding carboxylic acids is 2. The van der Waals surface area contributed by atoms with Crippen LogP contribution in [0.5, 0.6) is 5.75 Å². The molecule has 3 rings (SSSR count). The zero-order valence-corrected chi connectivity index (χ0v) is 14.3. The Morgan fingerprint density at radius 2 is 2.12 bits per heavy atom. The average Bonchev–Trinajstić information content (AvgIpc) is 2.56. The lowest BCUT2D eigenvalue weighted by Crippen LogP contribution is -2.47. The fourth-order valence-electron chi connectivity index (χ4n) is 3.03. The lowest BCUT2D eigenvalue weighted by Gasteiger charge is -2.35. The van der Waals surface area contributed by atoms with Gasteiger partial charge < -0.3 is 25.4 Å². The molecule has 0 spiro atoms. The highest BCUT2D eigenvalue weighted by molar-refractivity contribution is 5.98. The monoisotopic (exact) mass is 355 g/mol. The first-order valence-electron chi connectivity index (χ1n) is 7.71. The first-order valence-corrected chi connectivity index (χ1v) is 7.71. The van der Waals surface area contributed by atoms with Gasteiger partial charge in [0.1, 0.15) is 5.75 Å². The normalized spacial score (nSPS) is 18.5. The van der Waals surface area contributed by atoms with Crippen LogP contribution in [0, 0.1) is 5.41 Å². The highest BCUT2D eigenvalue weighted by Crippen LogP contribution is 2.34. The van der Waals surface area contributed by atoms with Gasteiger partial charge >= 0.3 is 0 Å². The fourth-order valence-corrected chi connectivity index (χ4v) is 3.03. The van der Waals surface area contributed by atoms with Crippen molar-refractivity contribution in [2.75, 3.05) is 44.0 Å². The first kappa shape index (κ1) is 18.5. The predicted octanol–water partition coefficient (Wildman–Crippen LogP) is 1.39. The summed E-state index contributed by atoms with van der Waals surface area (Å²) in [6, 6.07) is 5.22. The fraction of sp³-hybridized carbons (Fsp3) is 0.500. The van der Waals surface area contributed by atoms with Crippen molar-refractivity contribution < 1.29 is 19.1 Å². The minimum atomic E-state index is -0.509. The van der Waals surface area contributed by atoms with Crippen molar-refractivity contribution in [1.82, 2.24) is 5.32 Å². The molecule has 1 aromatic carbocycles. The number of piperidine rings is 1. The number of rotatable bonds is 4. The zero-order valence-electron chi connectivity index (χ0n) is 13.5. The maximum absolute atomic E-state index is 12.8. The van der Waals surface area contributed by atoms with E-state index in [1.54, 1.807) is 25.3 Å². The summed E-state index contributed by atoms with van der Waals surface area (Å²) >= 11 is 0. The van der Waals surface area contributed by atoms with Crippen molar-refractivity contribution >= 4 is 35.6 Å². The Balaban J connectivity index is 0.00000208. The number of hydrogen-bond donors (Lipinski definition) is 3. The van der Waals surface area contributed by atoms with Crippen LogP contribution in [0.4, 0.5) is 11.4 Å². The van der Waals surface area contributed by atoms with Crippen LogP contribution in [-0.4, -0.2) is 45.2 Å². The molecule has 2 heterocycles. The van der Waals surface area contributed by atoms with E-state index in [4.69, 9.17) is 9.47 Å². The quantitative estimate of drug-likeness (QED) is 0.759. The molecule has 0 radical (unpaired) electrons. The topological polar surface area (TPSA) is 88.7 Å². The summed E-state index contributed by atoms with van der Waals surface area (Å²) in [5.74, 6) is 0.345. The summed E-state index contributed by atoms with van der Waals surface area (Å²) in [6.07, 6.45) is 1.48. The molecule has 2 aliphatic heterocycles. The Morgan fingerprint density at radius 3 is 2.83 bits per heavy atom. The van der Waals surface area contributed by atoms with E-state index in [0.29, 0.717) is 23.7 Å². The Labute approximate surface area is 146 Å². The predicted molar refractivity (Wildman–Crippen MR) is 92.9 cm³/mol. The van der Waals surface area contributed by atoms with E-state index >= 15 is 0 Å². The molecule has 0 aliphatic carbocycles. The molecule has 2 aliphatic rings. The summed E-state index contributed by atoms with van der Waals surface area (Å²) in [5.41, 5.74) is 0.761. The van der Waals surface area contributed by atoms with Crippen LogP contribution in [0.15, 0.2) is 18.2 Å². The van der Waals surface area contributed by atoms with E-state index < -0.39 is 5.41 Å². The SMILES string of the molecule is COCC1(C(=O)Nc2ccc3c(c2)OCC(=O)N3)CCNCC1.Cl. The van der Waals surface area contributed by atoms with Gasteiger partial charge in [0.2, 0.25) is 5.91 Å². The van der Waals surface area contributed by atoms with Gasteiger partial charge in [-0.05, 0) is 38.1 Å². The van der Waals surface area contributed by atoms with Gasteiger partial charge in [0, 0.05) is 18.9 Å². The van der Waals surface area contributed by atoms with Crippen molar-refractivity contribution in [1.29, 1.82) is 0 Å². The average molecular weight is 356 g/mol. The van der Waals surface area contributed by atoms with E-state index in [1.165, 1.54) is 0 Å². The van der Waals surface area contributed by atoms with Crippen molar-refractivity contribution in [2.24, 2.45) is 5.41 Å². The van der Waals surface area contributed by atoms with Crippen LogP contribution in [0.1, 0.15) is 12.8 Å². The maximum atomic E-state index is 12.8. The Hall–Kier alpha value is -1.83. The highest BCUT2D eigenvalue weighted by Gasteiger charge is 2.39. The van der Waals surface area contributed by atoms with Gasteiger partial charge in [-0.3, -0.25) is 9.59 Å². The summed E-state index contributed by atoms with van der Waals surface area (Å²) in [4.78, 5) is 24.1. The number of nitrogens with one attached hydrogen (secondary N) is 3. The van der Waals surface area contributed by atoms with Gasteiger partial charge in [-0.15, -0.1) is 12.4 Å². The van der Waals surface area contributed by atoms with E-state index in [9.17, 15) is 9.59 Å². The molecule has 7 nitrogen and oxygen atoms in total. The number of benzene rings is 1. The number of amides is 2. The van der Waals surface area contributed by atoms with Crippen molar-refractivity contribution in [3.63, 3.8) is 0 Å². The molecular formula is C16H22ClN3O4. The van der Waals surface area contributed by atoms with Gasteiger partial charge in [0.05, 0.1) is 17.7 Å². The lowest BCUT2D eigenvalue weighted by atomic mass is 9.78. The van der Waals surface area contributed by atoms with Gasteiger partial charge in [-0.1, -0.05) is 0 Å². The Bertz CT molecular complexity index is 612. The molecule has 3 N–H and O–H groups in total. The number of ether oxygens (including phenoxy) is 2. The van der Waals surface area contributed by atoms with Crippen LogP contribution < -0.4 is 20.7 Å². The maximum Gasteiger partial charge on any atom is 0.262 e. The minimum Gasteiger partial charge on any atom is -0.482 e. The molecule has 2 amide bonds. The molecule has 0 unspecified atom stereocenters. The second-order valence-electron chi connectivity index (χ2n) is 5.97. The number of hydrogen-bond acceptors (Lipinski definition) is 5. The molecular weight excluding hydrogens is 334 g/mol. The summed E-state index contributed by atoms with van der Waals surface area (Å²) in [6.45, 7) is 1.99. The van der Waals surface area contributed by atoms with Crippen molar-refractivity contribution in [3.05, 3.63) is 18.2 Å². The molecule has 1 saturated heterocycles. The first-order chi connectivity index (χ1) is 11.1. The largest absolute Gasteiger partial charge is 0.482 e. The van der Waals surface area contributed by atoms with Crippen molar-refractivity contribution in [3.8, 4) is 5.75 Å². The van der Waals surface area contributed by atoms with Crippen LogP contribution >= 0.6 is 12.4 Å². The second kappa shape index (κ2) is 7.83. The van der Waals surface area contributed by atoms with Crippen LogP contribution in [0.25, 0.3) is 0 Å². The smallest absolute Gasteiger partial charge is 0.262 e. The number of methoxy groups -OCH3 is 1. The second-order valence-corrected chi connectivity index (χ2v) is 5.97. The number of fused-ring (bicyclic) bond motifs is 1. The molecule has 24 heavy (non-hydrogen) atoms. The van der Waals surface area contributed by atoms with E-state index in [1.807, 2.05) is 0 Å². The van der Waals surface area contributed by atoms with Crippen LogP contribution in [0.3, 0.4) is 0 Å². The lowest BCUT2D eigenvalue weighted by molar-refractivity contribution is -0.130. The molecule has 0 atom stereocenters. The Kier molecular flexibility index (Phi) is 6.04. The van der Waals surface area contributed by atoms with Gasteiger partial charge in [-0.25, -0.2) is 0 Å². The molecule has 8 heteroatoms. The molecule has 132 valence electrons. The third-order valence-electron chi connectivity index (χ3n) is 4.34. The van der Waals surface area contributed by atoms with Gasteiger partial charge in [0.25, 0.3) is 5.91 Å². The molecule has 1 fully saturated rings. The van der Waals surface area contributed by atoms with E-state index in [2.05, 4.69) is 16.0 Å². The number of carbonyl (C=O) groups is 2. The zero-order chi connectivity index (χ0) is 16.3. The summed E-state index contributed by atoms with van der Waals surface area (Å²) in [7, 11) is 1.62. The Morgan fingerprint density at radius 1 is 1.38 bits per heavy atom. The molecule has 0 bridgehead atoms. The summed E-state index contributed by atoms with van der Waals surface area (Å²) in [5, 5.41) is 8.95. The van der Waals surface area contributed by atoms with Crippen molar-refractivity contribution in [2.45, 2.75) is 12.8 Å². The minimum absolute atomic E-state index is 0. The van der Waals surface area contributed by atoms with E-state index in [-0.39, 0.29) is 30.8 Å². The number of anilines is 2. The van der Waals surface area contributed by atoms with Gasteiger partial charge in [0.15, 0.2) is 6.61 Å². The standard InChI is InChI=1S/C16H21N3O4.ClH/c1-22-10-16(4-6-17-7-5-16)15(21)18-11-2-3-12-13(8-11)23-9-14(20)19-12;/h2-3,8,17H,4-7,9-10H2,1H3,(H,18,21)(H,19,20);1H. The third-order valence-corrected chi connectivity index (χ3v) is 4.34. The molecule has 0 aromatic heterocycles. The highest BCUT2D eigenvalue weighted by atomic mass is 35.5. The third kappa shape index (κ3) is 3.80. The van der Waals surface area contributed by atoms with Crippen LogP contribution in [0.2, 0.25) is 0 Å². The van der Waals surface area contributed by atoms with Crippen LogP contribution in [-0.2, 0) is 14.3 Å². The molecule has 1 aromatic rings. The van der Waals surface area contributed by atoms with E-state index in [0.717, 1.165) is 25.9 Å².